The number of anilines is 2. The Morgan fingerprint density at radius 2 is 2.11 bits per heavy atom. The number of amides is 1. The molecular formula is C20H24N4O4. The fraction of sp³-hybridized carbons (Fsp3) is 0.450. The molecule has 8 nitrogen and oxygen atoms in total. The summed E-state index contributed by atoms with van der Waals surface area (Å²) in [6, 6.07) is 5.69. The second-order valence-electron chi connectivity index (χ2n) is 7.02. The molecule has 1 amide bonds. The summed E-state index contributed by atoms with van der Waals surface area (Å²) in [5.41, 5.74) is 2.88. The number of nitrogens with one attached hydrogen (secondary N) is 2. The Labute approximate surface area is 162 Å². The van der Waals surface area contributed by atoms with Gasteiger partial charge in [0.05, 0.1) is 19.8 Å². The summed E-state index contributed by atoms with van der Waals surface area (Å²) in [7, 11) is 0. The Morgan fingerprint density at radius 3 is 2.89 bits per heavy atom. The van der Waals surface area contributed by atoms with Gasteiger partial charge in [-0.1, -0.05) is 6.07 Å². The standard InChI is InChI=1S/C20H24N4O4/c1-13-16(19(26)23-20(21-13)24-7-10-27-11-8-24)4-5-18(25)22-15-3-2-14-6-9-28-17(14)12-15/h2-3,12H,4-11H2,1H3,(H,22,25)(H,21,23,26). The lowest BCUT2D eigenvalue weighted by Gasteiger charge is -2.27. The highest BCUT2D eigenvalue weighted by atomic mass is 16.5. The van der Waals surface area contributed by atoms with E-state index in [2.05, 4.69) is 15.3 Å². The predicted octanol–water partition coefficient (Wildman–Crippen LogP) is 1.42. The van der Waals surface area contributed by atoms with E-state index in [0.29, 0.717) is 62.2 Å². The van der Waals surface area contributed by atoms with Crippen LogP contribution >= 0.6 is 0 Å². The minimum Gasteiger partial charge on any atom is -0.493 e. The van der Waals surface area contributed by atoms with Gasteiger partial charge in [-0.15, -0.1) is 0 Å². The summed E-state index contributed by atoms with van der Waals surface area (Å²) in [5, 5.41) is 2.87. The van der Waals surface area contributed by atoms with Crippen LogP contribution in [0.5, 0.6) is 5.75 Å². The van der Waals surface area contributed by atoms with Crippen LogP contribution in [-0.4, -0.2) is 48.8 Å². The van der Waals surface area contributed by atoms with Crippen molar-refractivity contribution in [1.29, 1.82) is 0 Å². The van der Waals surface area contributed by atoms with Gasteiger partial charge in [-0.3, -0.25) is 14.6 Å². The normalized spacial score (nSPS) is 15.8. The number of H-pyrrole nitrogens is 1. The quantitative estimate of drug-likeness (QED) is 0.809. The van der Waals surface area contributed by atoms with E-state index in [-0.39, 0.29) is 17.9 Å². The minimum absolute atomic E-state index is 0.144. The molecule has 0 saturated carbocycles. The molecule has 0 bridgehead atoms. The number of nitrogens with zero attached hydrogens (tertiary/aromatic N) is 2. The highest BCUT2D eigenvalue weighted by molar-refractivity contribution is 5.91. The molecule has 8 heteroatoms. The molecule has 0 unspecified atom stereocenters. The van der Waals surface area contributed by atoms with Crippen LogP contribution in [0.3, 0.4) is 0 Å². The SMILES string of the molecule is Cc1nc(N2CCOCC2)[nH]c(=O)c1CCC(=O)Nc1ccc2c(c1)OCC2. The van der Waals surface area contributed by atoms with Crippen molar-refractivity contribution in [2.24, 2.45) is 0 Å². The van der Waals surface area contributed by atoms with E-state index < -0.39 is 0 Å². The maximum absolute atomic E-state index is 12.5. The molecule has 4 rings (SSSR count). The monoisotopic (exact) mass is 384 g/mol. The Morgan fingerprint density at radius 1 is 1.29 bits per heavy atom. The number of aromatic amines is 1. The first-order valence-corrected chi connectivity index (χ1v) is 9.58. The Kier molecular flexibility index (Phi) is 5.29. The fourth-order valence-corrected chi connectivity index (χ4v) is 3.52. The molecule has 3 heterocycles. The first kappa shape index (κ1) is 18.5. The van der Waals surface area contributed by atoms with Crippen LogP contribution in [0, 0.1) is 6.92 Å². The molecule has 1 aromatic heterocycles. The second-order valence-corrected chi connectivity index (χ2v) is 7.02. The highest BCUT2D eigenvalue weighted by Gasteiger charge is 2.17. The fourth-order valence-electron chi connectivity index (χ4n) is 3.52. The summed E-state index contributed by atoms with van der Waals surface area (Å²) in [5.74, 6) is 1.25. The summed E-state index contributed by atoms with van der Waals surface area (Å²) in [6.45, 7) is 5.15. The van der Waals surface area contributed by atoms with E-state index in [0.717, 1.165) is 17.7 Å². The van der Waals surface area contributed by atoms with Crippen molar-refractivity contribution in [3.05, 3.63) is 45.4 Å². The summed E-state index contributed by atoms with van der Waals surface area (Å²) < 4.78 is 10.9. The molecule has 0 spiro atoms. The summed E-state index contributed by atoms with van der Waals surface area (Å²) in [4.78, 5) is 34.2. The van der Waals surface area contributed by atoms with Crippen molar-refractivity contribution in [2.75, 3.05) is 43.1 Å². The maximum atomic E-state index is 12.5. The number of aromatic nitrogens is 2. The minimum atomic E-state index is -0.187. The van der Waals surface area contributed by atoms with Crippen LogP contribution < -0.4 is 20.5 Å². The van der Waals surface area contributed by atoms with E-state index in [4.69, 9.17) is 9.47 Å². The average Bonchev–Trinajstić information content (AvgIpc) is 3.15. The Balaban J connectivity index is 1.38. The van der Waals surface area contributed by atoms with Crippen LogP contribution in [0.1, 0.15) is 23.2 Å². The number of carbonyl (C=O) groups is 1. The molecule has 2 N–H and O–H groups in total. The molecule has 148 valence electrons. The molecule has 2 aliphatic heterocycles. The van der Waals surface area contributed by atoms with E-state index in [9.17, 15) is 9.59 Å². The summed E-state index contributed by atoms with van der Waals surface area (Å²) in [6.07, 6.45) is 1.45. The van der Waals surface area contributed by atoms with E-state index >= 15 is 0 Å². The molecule has 2 aromatic rings. The van der Waals surface area contributed by atoms with Gasteiger partial charge in [0.25, 0.3) is 5.56 Å². The van der Waals surface area contributed by atoms with Crippen LogP contribution in [0.4, 0.5) is 11.6 Å². The number of aryl methyl sites for hydroxylation is 1. The topological polar surface area (TPSA) is 96.6 Å². The van der Waals surface area contributed by atoms with Gasteiger partial charge >= 0.3 is 0 Å². The highest BCUT2D eigenvalue weighted by Crippen LogP contribution is 2.28. The lowest BCUT2D eigenvalue weighted by Crippen LogP contribution is -2.38. The van der Waals surface area contributed by atoms with Gasteiger partial charge in [0.15, 0.2) is 0 Å². The second kappa shape index (κ2) is 8.02. The first-order valence-electron chi connectivity index (χ1n) is 9.58. The van der Waals surface area contributed by atoms with Crippen molar-refractivity contribution in [3.8, 4) is 5.75 Å². The zero-order valence-corrected chi connectivity index (χ0v) is 15.9. The zero-order chi connectivity index (χ0) is 19.5. The number of rotatable bonds is 5. The number of carbonyl (C=O) groups excluding carboxylic acids is 1. The number of ether oxygens (including phenoxy) is 2. The Hall–Kier alpha value is -2.87. The van der Waals surface area contributed by atoms with Gasteiger partial charge in [-0.05, 0) is 25.0 Å². The van der Waals surface area contributed by atoms with Crippen LogP contribution in [0.15, 0.2) is 23.0 Å². The van der Waals surface area contributed by atoms with Gasteiger partial charge in [0, 0.05) is 48.9 Å². The predicted molar refractivity (Wildman–Crippen MR) is 105 cm³/mol. The number of benzene rings is 1. The maximum Gasteiger partial charge on any atom is 0.255 e. The number of fused-ring (bicyclic) bond motifs is 1. The van der Waals surface area contributed by atoms with Crippen molar-refractivity contribution in [1.82, 2.24) is 9.97 Å². The molecule has 1 aromatic carbocycles. The number of morpholine rings is 1. The van der Waals surface area contributed by atoms with Gasteiger partial charge in [-0.25, -0.2) is 4.98 Å². The average molecular weight is 384 g/mol. The molecule has 2 aliphatic rings. The largest absolute Gasteiger partial charge is 0.493 e. The van der Waals surface area contributed by atoms with Crippen LogP contribution in [0.25, 0.3) is 0 Å². The first-order chi connectivity index (χ1) is 13.6. The van der Waals surface area contributed by atoms with Crippen LogP contribution in [0.2, 0.25) is 0 Å². The van der Waals surface area contributed by atoms with Gasteiger partial charge < -0.3 is 19.7 Å². The third-order valence-corrected chi connectivity index (χ3v) is 5.10. The molecule has 0 radical (unpaired) electrons. The van der Waals surface area contributed by atoms with E-state index in [1.807, 2.05) is 30.0 Å². The molecule has 1 saturated heterocycles. The van der Waals surface area contributed by atoms with Crippen molar-refractivity contribution < 1.29 is 14.3 Å². The lowest BCUT2D eigenvalue weighted by atomic mass is 10.1. The number of hydrogen-bond acceptors (Lipinski definition) is 6. The molecular weight excluding hydrogens is 360 g/mol. The molecule has 0 aliphatic carbocycles. The zero-order valence-electron chi connectivity index (χ0n) is 15.9. The molecule has 1 fully saturated rings. The van der Waals surface area contributed by atoms with E-state index in [1.165, 1.54) is 0 Å². The molecule has 28 heavy (non-hydrogen) atoms. The van der Waals surface area contributed by atoms with Crippen LogP contribution in [-0.2, 0) is 22.4 Å². The van der Waals surface area contributed by atoms with Crippen molar-refractivity contribution >= 4 is 17.5 Å². The van der Waals surface area contributed by atoms with Gasteiger partial charge in [0.2, 0.25) is 11.9 Å². The Bertz CT molecular complexity index is 934. The molecule has 0 atom stereocenters. The third-order valence-electron chi connectivity index (χ3n) is 5.10. The van der Waals surface area contributed by atoms with Gasteiger partial charge in [-0.2, -0.15) is 0 Å². The smallest absolute Gasteiger partial charge is 0.255 e. The lowest BCUT2D eigenvalue weighted by molar-refractivity contribution is -0.116. The van der Waals surface area contributed by atoms with Gasteiger partial charge in [0.1, 0.15) is 5.75 Å². The third kappa shape index (κ3) is 4.01. The van der Waals surface area contributed by atoms with Crippen molar-refractivity contribution in [2.45, 2.75) is 26.2 Å². The summed E-state index contributed by atoms with van der Waals surface area (Å²) >= 11 is 0. The number of hydrogen-bond donors (Lipinski definition) is 2. The van der Waals surface area contributed by atoms with Crippen molar-refractivity contribution in [3.63, 3.8) is 0 Å². The van der Waals surface area contributed by atoms with E-state index in [1.54, 1.807) is 0 Å².